The highest BCUT2D eigenvalue weighted by Crippen LogP contribution is 2.11. The number of rotatable bonds is 4. The molecule has 122 valence electrons. The van der Waals surface area contributed by atoms with Crippen molar-refractivity contribution >= 4 is 16.8 Å². The maximum Gasteiger partial charge on any atom is 0.261 e. The third-order valence-electron chi connectivity index (χ3n) is 4.55. The minimum Gasteiger partial charge on any atom is -0.343 e. The summed E-state index contributed by atoms with van der Waals surface area (Å²) >= 11 is 0. The van der Waals surface area contributed by atoms with Gasteiger partial charge in [0.1, 0.15) is 0 Å². The van der Waals surface area contributed by atoms with Crippen molar-refractivity contribution < 1.29 is 4.79 Å². The SMILES string of the molecule is CN(C(=O)CCn1cnc2ccccc2c1=O)C1CCNCC1. The second kappa shape index (κ2) is 6.91. The predicted molar refractivity (Wildman–Crippen MR) is 89.3 cm³/mol. The predicted octanol–water partition coefficient (Wildman–Crippen LogP) is 0.997. The third-order valence-corrected chi connectivity index (χ3v) is 4.55. The Morgan fingerprint density at radius 2 is 2.09 bits per heavy atom. The Bertz CT molecular complexity index is 750. The maximum atomic E-state index is 12.4. The van der Waals surface area contributed by atoms with Gasteiger partial charge in [-0.25, -0.2) is 4.98 Å². The smallest absolute Gasteiger partial charge is 0.261 e. The number of fused-ring (bicyclic) bond motifs is 1. The van der Waals surface area contributed by atoms with Gasteiger partial charge in [0, 0.05) is 26.1 Å². The van der Waals surface area contributed by atoms with E-state index in [2.05, 4.69) is 10.3 Å². The van der Waals surface area contributed by atoms with E-state index in [1.165, 1.54) is 10.9 Å². The summed E-state index contributed by atoms with van der Waals surface area (Å²) in [6, 6.07) is 7.57. The molecule has 0 saturated carbocycles. The Balaban J connectivity index is 1.67. The van der Waals surface area contributed by atoms with E-state index in [1.54, 1.807) is 6.07 Å². The minimum atomic E-state index is -0.0899. The molecule has 1 aliphatic rings. The van der Waals surface area contributed by atoms with Gasteiger partial charge in [0.25, 0.3) is 5.56 Å². The van der Waals surface area contributed by atoms with E-state index in [-0.39, 0.29) is 11.5 Å². The highest BCUT2D eigenvalue weighted by atomic mass is 16.2. The second-order valence-corrected chi connectivity index (χ2v) is 6.00. The standard InChI is InChI=1S/C17H22N4O2/c1-20(13-6-9-18-10-7-13)16(22)8-11-21-12-19-15-5-3-2-4-14(15)17(21)23/h2-5,12-13,18H,6-11H2,1H3. The molecule has 6 heteroatoms. The zero-order chi connectivity index (χ0) is 16.2. The molecule has 0 aliphatic carbocycles. The fourth-order valence-corrected chi connectivity index (χ4v) is 3.06. The van der Waals surface area contributed by atoms with E-state index < -0.39 is 0 Å². The molecule has 2 heterocycles. The minimum absolute atomic E-state index is 0.0805. The number of para-hydroxylation sites is 1. The van der Waals surface area contributed by atoms with Crippen molar-refractivity contribution in [2.75, 3.05) is 20.1 Å². The fourth-order valence-electron chi connectivity index (χ4n) is 3.06. The average Bonchev–Trinajstić information content (AvgIpc) is 2.61. The number of benzene rings is 1. The van der Waals surface area contributed by atoms with E-state index in [1.807, 2.05) is 30.1 Å². The molecule has 1 fully saturated rings. The molecule has 0 unspecified atom stereocenters. The molecule has 1 aliphatic heterocycles. The largest absolute Gasteiger partial charge is 0.343 e. The first-order valence-electron chi connectivity index (χ1n) is 8.07. The quantitative estimate of drug-likeness (QED) is 0.914. The molecule has 3 rings (SSSR count). The molecule has 0 bridgehead atoms. The molecule has 1 aromatic heterocycles. The van der Waals surface area contributed by atoms with Gasteiger partial charge >= 0.3 is 0 Å². The van der Waals surface area contributed by atoms with Crippen LogP contribution in [0.4, 0.5) is 0 Å². The van der Waals surface area contributed by atoms with Crippen molar-refractivity contribution in [1.82, 2.24) is 19.8 Å². The first-order chi connectivity index (χ1) is 11.2. The van der Waals surface area contributed by atoms with Crippen molar-refractivity contribution in [1.29, 1.82) is 0 Å². The van der Waals surface area contributed by atoms with Crippen molar-refractivity contribution in [3.05, 3.63) is 40.9 Å². The van der Waals surface area contributed by atoms with Crippen LogP contribution in [-0.2, 0) is 11.3 Å². The monoisotopic (exact) mass is 314 g/mol. The molecule has 1 aromatic carbocycles. The van der Waals surface area contributed by atoms with Gasteiger partial charge in [-0.2, -0.15) is 0 Å². The Labute approximate surface area is 135 Å². The summed E-state index contributed by atoms with van der Waals surface area (Å²) in [6.07, 6.45) is 3.82. The van der Waals surface area contributed by atoms with Crippen molar-refractivity contribution in [2.24, 2.45) is 0 Å². The lowest BCUT2D eigenvalue weighted by Crippen LogP contribution is -2.44. The van der Waals surface area contributed by atoms with E-state index in [4.69, 9.17) is 0 Å². The lowest BCUT2D eigenvalue weighted by molar-refractivity contribution is -0.132. The number of piperidine rings is 1. The molecule has 6 nitrogen and oxygen atoms in total. The van der Waals surface area contributed by atoms with Gasteiger partial charge in [-0.15, -0.1) is 0 Å². The zero-order valence-corrected chi connectivity index (χ0v) is 13.4. The van der Waals surface area contributed by atoms with E-state index in [0.717, 1.165) is 25.9 Å². The third kappa shape index (κ3) is 3.42. The van der Waals surface area contributed by atoms with E-state index in [9.17, 15) is 9.59 Å². The summed E-state index contributed by atoms with van der Waals surface area (Å²) in [5.74, 6) is 0.0805. The molecule has 0 atom stereocenters. The number of hydrogen-bond donors (Lipinski definition) is 1. The van der Waals surface area contributed by atoms with Crippen LogP contribution in [0.1, 0.15) is 19.3 Å². The second-order valence-electron chi connectivity index (χ2n) is 6.00. The zero-order valence-electron chi connectivity index (χ0n) is 13.4. The first-order valence-corrected chi connectivity index (χ1v) is 8.07. The average molecular weight is 314 g/mol. The molecular formula is C17H22N4O2. The van der Waals surface area contributed by atoms with Crippen LogP contribution in [0.25, 0.3) is 10.9 Å². The van der Waals surface area contributed by atoms with Gasteiger partial charge in [-0.1, -0.05) is 12.1 Å². The van der Waals surface area contributed by atoms with E-state index >= 15 is 0 Å². The first kappa shape index (κ1) is 15.7. The van der Waals surface area contributed by atoms with Crippen molar-refractivity contribution in [3.63, 3.8) is 0 Å². The number of nitrogens with zero attached hydrogens (tertiary/aromatic N) is 3. The maximum absolute atomic E-state index is 12.4. The number of amides is 1. The summed E-state index contributed by atoms with van der Waals surface area (Å²) in [5.41, 5.74) is 0.597. The lowest BCUT2D eigenvalue weighted by atomic mass is 10.1. The Kier molecular flexibility index (Phi) is 4.71. The van der Waals surface area contributed by atoms with Gasteiger partial charge in [0.2, 0.25) is 5.91 Å². The van der Waals surface area contributed by atoms with Crippen LogP contribution in [-0.4, -0.2) is 46.5 Å². The van der Waals surface area contributed by atoms with Crippen LogP contribution in [0.2, 0.25) is 0 Å². The van der Waals surface area contributed by atoms with Gasteiger partial charge in [0.05, 0.1) is 17.2 Å². The molecular weight excluding hydrogens is 292 g/mol. The van der Waals surface area contributed by atoms with Crippen molar-refractivity contribution in [3.8, 4) is 0 Å². The van der Waals surface area contributed by atoms with Crippen molar-refractivity contribution in [2.45, 2.75) is 31.8 Å². The topological polar surface area (TPSA) is 67.2 Å². The van der Waals surface area contributed by atoms with E-state index in [0.29, 0.717) is 29.9 Å². The summed E-state index contributed by atoms with van der Waals surface area (Å²) < 4.78 is 1.52. The van der Waals surface area contributed by atoms with Crippen LogP contribution < -0.4 is 10.9 Å². The normalized spacial score (nSPS) is 15.7. The molecule has 0 radical (unpaired) electrons. The van der Waals surface area contributed by atoms with Gasteiger partial charge in [0.15, 0.2) is 0 Å². The Morgan fingerprint density at radius 1 is 1.35 bits per heavy atom. The highest BCUT2D eigenvalue weighted by molar-refractivity contribution is 5.77. The number of carbonyl (C=O) groups excluding carboxylic acids is 1. The molecule has 0 spiro atoms. The molecule has 1 saturated heterocycles. The Morgan fingerprint density at radius 3 is 2.87 bits per heavy atom. The summed E-state index contributed by atoms with van der Waals surface area (Å²) in [4.78, 5) is 30.9. The molecule has 2 aromatic rings. The van der Waals surface area contributed by atoms with Crippen LogP contribution in [0, 0.1) is 0 Å². The number of hydrogen-bond acceptors (Lipinski definition) is 4. The molecule has 1 amide bonds. The number of nitrogens with one attached hydrogen (secondary N) is 1. The molecule has 1 N–H and O–H groups in total. The van der Waals surface area contributed by atoms with Crippen LogP contribution in [0.15, 0.2) is 35.4 Å². The van der Waals surface area contributed by atoms with Gasteiger partial charge in [-0.05, 0) is 38.1 Å². The summed E-state index contributed by atoms with van der Waals surface area (Å²) in [7, 11) is 1.86. The van der Waals surface area contributed by atoms with Crippen LogP contribution in [0.3, 0.4) is 0 Å². The Hall–Kier alpha value is -2.21. The number of aromatic nitrogens is 2. The van der Waals surface area contributed by atoms with Gasteiger partial charge in [-0.3, -0.25) is 14.2 Å². The molecule has 23 heavy (non-hydrogen) atoms. The van der Waals surface area contributed by atoms with Gasteiger partial charge < -0.3 is 10.2 Å². The van der Waals surface area contributed by atoms with Crippen LogP contribution in [0.5, 0.6) is 0 Å². The summed E-state index contributed by atoms with van der Waals surface area (Å²) in [5, 5.41) is 3.89. The highest BCUT2D eigenvalue weighted by Gasteiger charge is 2.21. The lowest BCUT2D eigenvalue weighted by Gasteiger charge is -2.31. The number of carbonyl (C=O) groups is 1. The summed E-state index contributed by atoms with van der Waals surface area (Å²) in [6.45, 7) is 2.28. The van der Waals surface area contributed by atoms with Crippen LogP contribution >= 0.6 is 0 Å². The number of aryl methyl sites for hydroxylation is 1. The fraction of sp³-hybridized carbons (Fsp3) is 0.471.